The summed E-state index contributed by atoms with van der Waals surface area (Å²) in [5.74, 6) is -0.342. The smallest absolute Gasteiger partial charge is 0.308 e. The summed E-state index contributed by atoms with van der Waals surface area (Å²) in [4.78, 5) is 42.7. The van der Waals surface area contributed by atoms with Crippen LogP contribution in [0.25, 0.3) is 10.9 Å². The van der Waals surface area contributed by atoms with Gasteiger partial charge in [0.15, 0.2) is 0 Å². The molecule has 138 valence electrons. The van der Waals surface area contributed by atoms with Gasteiger partial charge in [-0.1, -0.05) is 12.1 Å². The zero-order valence-electron chi connectivity index (χ0n) is 15.1. The van der Waals surface area contributed by atoms with E-state index >= 15 is 0 Å². The molecule has 1 aromatic heterocycles. The second kappa shape index (κ2) is 7.68. The average Bonchev–Trinajstić information content (AvgIpc) is 2.67. The highest BCUT2D eigenvalue weighted by atomic mass is 16.5. The minimum absolute atomic E-state index is 0.00967. The number of rotatable bonds is 4. The van der Waals surface area contributed by atoms with E-state index in [1.165, 1.54) is 18.0 Å². The van der Waals surface area contributed by atoms with Crippen molar-refractivity contribution in [2.75, 3.05) is 20.2 Å². The van der Waals surface area contributed by atoms with Gasteiger partial charge >= 0.3 is 5.97 Å². The molecule has 0 spiro atoms. The van der Waals surface area contributed by atoms with Gasteiger partial charge in [-0.3, -0.25) is 19.0 Å². The van der Waals surface area contributed by atoms with E-state index in [-0.39, 0.29) is 29.8 Å². The molecule has 0 aliphatic carbocycles. The van der Waals surface area contributed by atoms with Crippen molar-refractivity contribution in [1.29, 1.82) is 0 Å². The lowest BCUT2D eigenvalue weighted by molar-refractivity contribution is -0.148. The summed E-state index contributed by atoms with van der Waals surface area (Å²) >= 11 is 0. The second-order valence-electron chi connectivity index (χ2n) is 6.64. The molecular weight excluding hydrogens is 334 g/mol. The predicted molar refractivity (Wildman–Crippen MR) is 96.7 cm³/mol. The normalized spacial score (nSPS) is 15.2. The van der Waals surface area contributed by atoms with Crippen LogP contribution in [0.4, 0.5) is 0 Å². The third-order valence-electron chi connectivity index (χ3n) is 5.00. The number of amides is 1. The highest BCUT2D eigenvalue weighted by molar-refractivity contribution is 5.80. The van der Waals surface area contributed by atoms with Gasteiger partial charge in [0.1, 0.15) is 0 Å². The molecule has 7 nitrogen and oxygen atoms in total. The zero-order valence-corrected chi connectivity index (χ0v) is 15.1. The number of likely N-dealkylation sites (tertiary alicyclic amines) is 1. The summed E-state index contributed by atoms with van der Waals surface area (Å²) in [6.07, 6.45) is 2.99. The van der Waals surface area contributed by atoms with Crippen LogP contribution in [0.2, 0.25) is 0 Å². The van der Waals surface area contributed by atoms with Crippen LogP contribution in [0, 0.1) is 12.8 Å². The average molecular weight is 357 g/mol. The predicted octanol–water partition coefficient (Wildman–Crippen LogP) is 1.51. The molecule has 1 fully saturated rings. The van der Waals surface area contributed by atoms with E-state index in [0.29, 0.717) is 43.4 Å². The minimum atomic E-state index is -0.207. The molecule has 26 heavy (non-hydrogen) atoms. The highest BCUT2D eigenvalue weighted by Crippen LogP contribution is 2.19. The molecule has 1 amide bonds. The number of para-hydroxylation sites is 1. The van der Waals surface area contributed by atoms with Gasteiger partial charge < -0.3 is 9.64 Å². The first kappa shape index (κ1) is 18.1. The molecule has 1 aliphatic heterocycles. The van der Waals surface area contributed by atoms with Crippen molar-refractivity contribution in [2.45, 2.75) is 32.7 Å². The monoisotopic (exact) mass is 357 g/mol. The van der Waals surface area contributed by atoms with Crippen molar-refractivity contribution >= 4 is 22.8 Å². The molecule has 0 atom stereocenters. The van der Waals surface area contributed by atoms with E-state index in [0.717, 1.165) is 5.56 Å². The Balaban J connectivity index is 1.62. The number of aromatic nitrogens is 2. The Morgan fingerprint density at radius 3 is 2.69 bits per heavy atom. The second-order valence-corrected chi connectivity index (χ2v) is 6.64. The highest BCUT2D eigenvalue weighted by Gasteiger charge is 2.27. The van der Waals surface area contributed by atoms with Gasteiger partial charge in [-0.15, -0.1) is 0 Å². The molecule has 0 radical (unpaired) electrons. The van der Waals surface area contributed by atoms with Crippen LogP contribution in [-0.4, -0.2) is 46.5 Å². The lowest BCUT2D eigenvalue weighted by atomic mass is 9.97. The molecule has 2 aromatic rings. The molecule has 1 saturated heterocycles. The van der Waals surface area contributed by atoms with Crippen molar-refractivity contribution in [3.05, 3.63) is 40.4 Å². The lowest BCUT2D eigenvalue weighted by Gasteiger charge is -2.30. The van der Waals surface area contributed by atoms with E-state index in [9.17, 15) is 14.4 Å². The fourth-order valence-electron chi connectivity index (χ4n) is 3.40. The van der Waals surface area contributed by atoms with Gasteiger partial charge in [0.05, 0.1) is 30.3 Å². The first-order valence-electron chi connectivity index (χ1n) is 8.81. The van der Waals surface area contributed by atoms with Crippen LogP contribution >= 0.6 is 0 Å². The van der Waals surface area contributed by atoms with Crippen LogP contribution in [0.15, 0.2) is 29.3 Å². The van der Waals surface area contributed by atoms with E-state index in [2.05, 4.69) is 4.98 Å². The first-order chi connectivity index (χ1) is 12.5. The quantitative estimate of drug-likeness (QED) is 0.775. The maximum atomic E-state index is 12.6. The van der Waals surface area contributed by atoms with Gasteiger partial charge in [0, 0.05) is 26.1 Å². The number of hydrogen-bond acceptors (Lipinski definition) is 5. The standard InChI is InChI=1S/C19H23N3O4/c1-13-4-3-5-15-17(13)20-12-22(18(15)24)11-8-16(23)21-9-6-14(7-10-21)19(25)26-2/h3-5,12,14H,6-11H2,1-2H3. The van der Waals surface area contributed by atoms with Crippen molar-refractivity contribution in [3.63, 3.8) is 0 Å². The Kier molecular flexibility index (Phi) is 5.35. The summed E-state index contributed by atoms with van der Waals surface area (Å²) in [5, 5.41) is 0.568. The summed E-state index contributed by atoms with van der Waals surface area (Å²) in [7, 11) is 1.39. The number of ether oxygens (including phenoxy) is 1. The molecule has 2 heterocycles. The van der Waals surface area contributed by atoms with E-state index in [4.69, 9.17) is 4.74 Å². The van der Waals surface area contributed by atoms with E-state index in [1.54, 1.807) is 11.0 Å². The third-order valence-corrected chi connectivity index (χ3v) is 5.00. The SMILES string of the molecule is COC(=O)C1CCN(C(=O)CCn2cnc3c(C)cccc3c2=O)CC1. The molecule has 1 aliphatic rings. The summed E-state index contributed by atoms with van der Waals surface area (Å²) in [6, 6.07) is 5.51. The number of hydrogen-bond donors (Lipinski definition) is 0. The van der Waals surface area contributed by atoms with Crippen LogP contribution in [0.3, 0.4) is 0 Å². The summed E-state index contributed by atoms with van der Waals surface area (Å²) in [6.45, 7) is 3.30. The van der Waals surface area contributed by atoms with E-state index in [1.807, 2.05) is 19.1 Å². The fourth-order valence-corrected chi connectivity index (χ4v) is 3.40. The van der Waals surface area contributed by atoms with Crippen LogP contribution in [-0.2, 0) is 20.9 Å². The number of carbonyl (C=O) groups is 2. The van der Waals surface area contributed by atoms with Gasteiger partial charge in [0.2, 0.25) is 5.91 Å². The zero-order chi connectivity index (χ0) is 18.7. The van der Waals surface area contributed by atoms with Gasteiger partial charge in [0.25, 0.3) is 5.56 Å². The molecule has 0 N–H and O–H groups in total. The Labute approximate surface area is 151 Å². The number of aryl methyl sites for hydroxylation is 2. The Morgan fingerprint density at radius 2 is 2.00 bits per heavy atom. The number of methoxy groups -OCH3 is 1. The Hall–Kier alpha value is -2.70. The summed E-state index contributed by atoms with van der Waals surface area (Å²) in [5.41, 5.74) is 1.53. The molecule has 0 saturated carbocycles. The van der Waals surface area contributed by atoms with Crippen LogP contribution in [0.1, 0.15) is 24.8 Å². The third kappa shape index (κ3) is 3.61. The van der Waals surface area contributed by atoms with Gasteiger partial charge in [-0.25, -0.2) is 4.98 Å². The first-order valence-corrected chi connectivity index (χ1v) is 8.81. The van der Waals surface area contributed by atoms with Gasteiger partial charge in [-0.2, -0.15) is 0 Å². The van der Waals surface area contributed by atoms with Crippen molar-refractivity contribution in [3.8, 4) is 0 Å². The lowest BCUT2D eigenvalue weighted by Crippen LogP contribution is -2.41. The van der Waals surface area contributed by atoms with E-state index < -0.39 is 0 Å². The Morgan fingerprint density at radius 1 is 1.27 bits per heavy atom. The number of carbonyl (C=O) groups excluding carboxylic acids is 2. The molecule has 0 bridgehead atoms. The fraction of sp³-hybridized carbons (Fsp3) is 0.474. The molecule has 3 rings (SSSR count). The Bertz CT molecular complexity index is 882. The van der Waals surface area contributed by atoms with Crippen molar-refractivity contribution in [2.24, 2.45) is 5.92 Å². The number of piperidine rings is 1. The van der Waals surface area contributed by atoms with Crippen molar-refractivity contribution < 1.29 is 14.3 Å². The van der Waals surface area contributed by atoms with Crippen molar-refractivity contribution in [1.82, 2.24) is 14.5 Å². The molecular formula is C19H23N3O4. The number of fused-ring (bicyclic) bond motifs is 1. The van der Waals surface area contributed by atoms with Crippen LogP contribution < -0.4 is 5.56 Å². The maximum Gasteiger partial charge on any atom is 0.308 e. The number of benzene rings is 1. The number of nitrogens with zero attached hydrogens (tertiary/aromatic N) is 3. The largest absolute Gasteiger partial charge is 0.469 e. The van der Waals surface area contributed by atoms with Gasteiger partial charge in [-0.05, 0) is 31.4 Å². The molecule has 0 unspecified atom stereocenters. The van der Waals surface area contributed by atoms with Crippen LogP contribution in [0.5, 0.6) is 0 Å². The molecule has 7 heteroatoms. The topological polar surface area (TPSA) is 81.5 Å². The summed E-state index contributed by atoms with van der Waals surface area (Å²) < 4.78 is 6.25. The maximum absolute atomic E-state index is 12.6. The minimum Gasteiger partial charge on any atom is -0.469 e. The number of esters is 1. The molecule has 1 aromatic carbocycles.